The Morgan fingerprint density at radius 1 is 1.47 bits per heavy atom. The third kappa shape index (κ3) is 3.42. The zero-order valence-corrected chi connectivity index (χ0v) is 12.4. The van der Waals surface area contributed by atoms with Gasteiger partial charge in [-0.2, -0.15) is 0 Å². The average molecular weight is 329 g/mol. The Kier molecular flexibility index (Phi) is 4.71. The van der Waals surface area contributed by atoms with E-state index >= 15 is 0 Å². The normalized spacial score (nSPS) is 15.6. The van der Waals surface area contributed by atoms with Crippen molar-refractivity contribution < 1.29 is 4.79 Å². The summed E-state index contributed by atoms with van der Waals surface area (Å²) in [6.07, 6.45) is 1.82. The minimum atomic E-state index is -0.138. The second-order valence-corrected chi connectivity index (χ2v) is 5.32. The number of carbonyl (C=O) groups is 1. The number of rotatable bonds is 3. The monoisotopic (exact) mass is 328 g/mol. The average Bonchev–Trinajstić information content (AvgIpc) is 2.45. The van der Waals surface area contributed by atoms with Gasteiger partial charge in [-0.1, -0.05) is 0 Å². The van der Waals surface area contributed by atoms with Gasteiger partial charge in [-0.3, -0.25) is 14.2 Å². The lowest BCUT2D eigenvalue weighted by Gasteiger charge is -2.27. The summed E-state index contributed by atoms with van der Waals surface area (Å²) in [5.74, 6) is 0.0881. The number of nitrogens with zero attached hydrogens (tertiary/aromatic N) is 3. The van der Waals surface area contributed by atoms with Crippen molar-refractivity contribution >= 4 is 21.8 Å². The van der Waals surface area contributed by atoms with Gasteiger partial charge in [0.15, 0.2) is 0 Å². The molecule has 0 unspecified atom stereocenters. The molecule has 1 N–H and O–H groups in total. The van der Waals surface area contributed by atoms with Crippen molar-refractivity contribution in [2.75, 3.05) is 26.2 Å². The standard InChI is InChI=1S/C12H17BrN4O2/c1-9-11(13)12(19)17(8-15-9)5-2-10(18)16-6-3-14-4-7-16/h8,14H,2-7H2,1H3. The summed E-state index contributed by atoms with van der Waals surface area (Å²) in [5.41, 5.74) is 0.523. The highest BCUT2D eigenvalue weighted by atomic mass is 79.9. The molecule has 1 aliphatic heterocycles. The summed E-state index contributed by atoms with van der Waals surface area (Å²) in [6.45, 7) is 5.29. The fraction of sp³-hybridized carbons (Fsp3) is 0.583. The third-order valence-corrected chi connectivity index (χ3v) is 4.11. The molecule has 0 bridgehead atoms. The first-order chi connectivity index (χ1) is 9.09. The summed E-state index contributed by atoms with van der Waals surface area (Å²) in [6, 6.07) is 0. The maximum absolute atomic E-state index is 12.0. The van der Waals surface area contributed by atoms with Crippen LogP contribution in [0.3, 0.4) is 0 Å². The molecule has 6 nitrogen and oxygen atoms in total. The highest BCUT2D eigenvalue weighted by Gasteiger charge is 2.16. The van der Waals surface area contributed by atoms with Crippen LogP contribution in [0.15, 0.2) is 15.6 Å². The molecule has 0 aromatic carbocycles. The molecule has 0 spiro atoms. The van der Waals surface area contributed by atoms with Crippen LogP contribution in [0.4, 0.5) is 0 Å². The molecule has 1 aromatic rings. The lowest BCUT2D eigenvalue weighted by Crippen LogP contribution is -2.46. The molecule has 1 amide bonds. The molecule has 7 heteroatoms. The number of aromatic nitrogens is 2. The van der Waals surface area contributed by atoms with Crippen molar-refractivity contribution in [2.24, 2.45) is 0 Å². The minimum absolute atomic E-state index is 0.0881. The first-order valence-electron chi connectivity index (χ1n) is 6.29. The van der Waals surface area contributed by atoms with E-state index in [9.17, 15) is 9.59 Å². The quantitative estimate of drug-likeness (QED) is 0.856. The van der Waals surface area contributed by atoms with Gasteiger partial charge in [0.25, 0.3) is 5.56 Å². The van der Waals surface area contributed by atoms with Crippen LogP contribution in [0.5, 0.6) is 0 Å². The van der Waals surface area contributed by atoms with E-state index in [4.69, 9.17) is 0 Å². The Bertz CT molecular complexity index is 523. The molecular weight excluding hydrogens is 312 g/mol. The van der Waals surface area contributed by atoms with Crippen molar-refractivity contribution in [2.45, 2.75) is 19.9 Å². The van der Waals surface area contributed by atoms with Crippen LogP contribution in [0.25, 0.3) is 0 Å². The molecule has 0 atom stereocenters. The fourth-order valence-electron chi connectivity index (χ4n) is 1.99. The lowest BCUT2D eigenvalue weighted by molar-refractivity contribution is -0.132. The molecule has 2 rings (SSSR count). The van der Waals surface area contributed by atoms with Gasteiger partial charge in [0.1, 0.15) is 4.47 Å². The van der Waals surface area contributed by atoms with E-state index in [1.54, 1.807) is 6.92 Å². The van der Waals surface area contributed by atoms with Gasteiger partial charge in [0.05, 0.1) is 12.0 Å². The topological polar surface area (TPSA) is 67.2 Å². The van der Waals surface area contributed by atoms with Crippen molar-refractivity contribution in [3.8, 4) is 0 Å². The Hall–Kier alpha value is -1.21. The zero-order valence-electron chi connectivity index (χ0n) is 10.9. The maximum atomic E-state index is 12.0. The molecule has 1 aliphatic rings. The largest absolute Gasteiger partial charge is 0.340 e. The Morgan fingerprint density at radius 3 is 2.84 bits per heavy atom. The van der Waals surface area contributed by atoms with Gasteiger partial charge in [-0.05, 0) is 22.9 Å². The number of carbonyl (C=O) groups excluding carboxylic acids is 1. The second kappa shape index (κ2) is 6.29. The number of nitrogens with one attached hydrogen (secondary N) is 1. The fourth-order valence-corrected chi connectivity index (χ4v) is 2.32. The van der Waals surface area contributed by atoms with Crippen LogP contribution < -0.4 is 10.9 Å². The predicted octanol–water partition coefficient (Wildman–Crippen LogP) is 0.136. The maximum Gasteiger partial charge on any atom is 0.267 e. The van der Waals surface area contributed by atoms with Gasteiger partial charge in [-0.25, -0.2) is 4.98 Å². The summed E-state index contributed by atoms with van der Waals surface area (Å²) in [5, 5.41) is 3.20. The van der Waals surface area contributed by atoms with Gasteiger partial charge in [-0.15, -0.1) is 0 Å². The highest BCUT2D eigenvalue weighted by Crippen LogP contribution is 2.06. The molecule has 19 heavy (non-hydrogen) atoms. The second-order valence-electron chi connectivity index (χ2n) is 4.52. The van der Waals surface area contributed by atoms with E-state index in [0.29, 0.717) is 23.1 Å². The van der Waals surface area contributed by atoms with Crippen LogP contribution in [0.2, 0.25) is 0 Å². The van der Waals surface area contributed by atoms with Crippen molar-refractivity contribution in [3.63, 3.8) is 0 Å². The molecule has 0 saturated carbocycles. The Balaban J connectivity index is 1.97. The lowest BCUT2D eigenvalue weighted by atomic mass is 10.3. The van der Waals surface area contributed by atoms with Crippen LogP contribution in [0, 0.1) is 6.92 Å². The Morgan fingerprint density at radius 2 is 2.16 bits per heavy atom. The summed E-state index contributed by atoms with van der Waals surface area (Å²) < 4.78 is 1.93. The first-order valence-corrected chi connectivity index (χ1v) is 7.09. The molecule has 0 aliphatic carbocycles. The molecule has 1 fully saturated rings. The van der Waals surface area contributed by atoms with Crippen LogP contribution in [0.1, 0.15) is 12.1 Å². The predicted molar refractivity (Wildman–Crippen MR) is 75.0 cm³/mol. The number of piperazine rings is 1. The van der Waals surface area contributed by atoms with Crippen molar-refractivity contribution in [1.29, 1.82) is 0 Å². The number of hydrogen-bond acceptors (Lipinski definition) is 4. The molecule has 1 aromatic heterocycles. The van der Waals surface area contributed by atoms with E-state index in [2.05, 4.69) is 26.2 Å². The van der Waals surface area contributed by atoms with E-state index in [0.717, 1.165) is 26.2 Å². The van der Waals surface area contributed by atoms with E-state index in [1.165, 1.54) is 10.9 Å². The SMILES string of the molecule is Cc1ncn(CCC(=O)N2CCNCC2)c(=O)c1Br. The summed E-state index contributed by atoms with van der Waals surface area (Å²) in [4.78, 5) is 29.8. The van der Waals surface area contributed by atoms with Crippen LogP contribution in [-0.2, 0) is 11.3 Å². The van der Waals surface area contributed by atoms with E-state index < -0.39 is 0 Å². The first kappa shape index (κ1) is 14.2. The van der Waals surface area contributed by atoms with Gasteiger partial charge < -0.3 is 10.2 Å². The van der Waals surface area contributed by atoms with Crippen LogP contribution >= 0.6 is 15.9 Å². The van der Waals surface area contributed by atoms with Gasteiger partial charge >= 0.3 is 0 Å². The van der Waals surface area contributed by atoms with E-state index in [-0.39, 0.29) is 11.5 Å². The molecule has 104 valence electrons. The number of aryl methyl sites for hydroxylation is 2. The minimum Gasteiger partial charge on any atom is -0.340 e. The molecule has 1 saturated heterocycles. The number of amides is 1. The van der Waals surface area contributed by atoms with Gasteiger partial charge in [0.2, 0.25) is 5.91 Å². The molecular formula is C12H17BrN4O2. The van der Waals surface area contributed by atoms with Crippen molar-refractivity contribution in [3.05, 3.63) is 26.8 Å². The number of halogens is 1. The van der Waals surface area contributed by atoms with Crippen molar-refractivity contribution in [1.82, 2.24) is 19.8 Å². The number of hydrogen-bond donors (Lipinski definition) is 1. The Labute approximate surface area is 119 Å². The zero-order chi connectivity index (χ0) is 13.8. The summed E-state index contributed by atoms with van der Waals surface area (Å²) in [7, 11) is 0. The summed E-state index contributed by atoms with van der Waals surface area (Å²) >= 11 is 3.21. The van der Waals surface area contributed by atoms with Gasteiger partial charge in [0, 0.05) is 39.1 Å². The smallest absolute Gasteiger partial charge is 0.267 e. The van der Waals surface area contributed by atoms with Crippen LogP contribution in [-0.4, -0.2) is 46.5 Å². The molecule has 2 heterocycles. The van der Waals surface area contributed by atoms with E-state index in [1.807, 2.05) is 4.90 Å². The third-order valence-electron chi connectivity index (χ3n) is 3.19. The highest BCUT2D eigenvalue weighted by molar-refractivity contribution is 9.10. The molecule has 0 radical (unpaired) electrons.